The molecule has 4 amide bonds. The molecule has 40 heavy (non-hydrogen) atoms. The van der Waals surface area contributed by atoms with Gasteiger partial charge >= 0.3 is 12.0 Å². The second-order valence-electron chi connectivity index (χ2n) is 8.12. The number of benzene rings is 3. The minimum Gasteiger partial charge on any atom is -0.495 e. The number of amides is 4. The van der Waals surface area contributed by atoms with Crippen molar-refractivity contribution in [2.24, 2.45) is 0 Å². The number of esters is 1. The van der Waals surface area contributed by atoms with Crippen LogP contribution in [0.3, 0.4) is 0 Å². The van der Waals surface area contributed by atoms with Crippen molar-refractivity contribution in [3.05, 3.63) is 75.8 Å². The van der Waals surface area contributed by atoms with Gasteiger partial charge in [0, 0.05) is 10.0 Å². The number of methoxy groups -OCH3 is 4. The molecule has 1 fully saturated rings. The molecule has 3 aromatic carbocycles. The highest BCUT2D eigenvalue weighted by Crippen LogP contribution is 2.39. The number of nitrogens with zero attached hydrogens (tertiary/aromatic N) is 1. The Labute approximate surface area is 237 Å². The van der Waals surface area contributed by atoms with Crippen LogP contribution in [0.2, 0.25) is 0 Å². The summed E-state index contributed by atoms with van der Waals surface area (Å²) in [7, 11) is 5.65. The number of urea groups is 1. The van der Waals surface area contributed by atoms with Crippen LogP contribution in [0.25, 0.3) is 6.08 Å². The second kappa shape index (κ2) is 11.9. The van der Waals surface area contributed by atoms with Crippen LogP contribution in [0.1, 0.15) is 15.9 Å². The van der Waals surface area contributed by atoms with Crippen molar-refractivity contribution in [1.29, 1.82) is 0 Å². The van der Waals surface area contributed by atoms with E-state index in [1.54, 1.807) is 30.3 Å². The standard InChI is InChI=1S/C28H23BrN2O9/c1-36-21-8-6-5-7-19(21)31-26(33)18(25(32)30-28(31)35)12-15-11-17(29)9-10-20(15)40-27(34)16-13-22(37-2)24(39-4)23(14-16)38-3/h5-14H,1-4H3,(H,30,32,35)/b18-12-. The van der Waals surface area contributed by atoms with Gasteiger partial charge in [-0.15, -0.1) is 0 Å². The first kappa shape index (κ1) is 28.2. The van der Waals surface area contributed by atoms with Gasteiger partial charge in [0.1, 0.15) is 17.1 Å². The third kappa shape index (κ3) is 5.47. The fourth-order valence-corrected chi connectivity index (χ4v) is 4.31. The van der Waals surface area contributed by atoms with E-state index < -0.39 is 23.8 Å². The lowest BCUT2D eigenvalue weighted by Crippen LogP contribution is -2.54. The highest BCUT2D eigenvalue weighted by atomic mass is 79.9. The lowest BCUT2D eigenvalue weighted by atomic mass is 10.1. The summed E-state index contributed by atoms with van der Waals surface area (Å²) in [5.41, 5.74) is 0.0846. The summed E-state index contributed by atoms with van der Waals surface area (Å²) < 4.78 is 27.4. The summed E-state index contributed by atoms with van der Waals surface area (Å²) >= 11 is 3.35. The third-order valence-electron chi connectivity index (χ3n) is 5.80. The zero-order chi connectivity index (χ0) is 29.0. The monoisotopic (exact) mass is 610 g/mol. The molecule has 0 saturated carbocycles. The summed E-state index contributed by atoms with van der Waals surface area (Å²) in [4.78, 5) is 52.8. The molecule has 206 valence electrons. The van der Waals surface area contributed by atoms with Crippen LogP contribution in [0.5, 0.6) is 28.7 Å². The highest BCUT2D eigenvalue weighted by Gasteiger charge is 2.38. The van der Waals surface area contributed by atoms with Gasteiger partial charge in [-0.2, -0.15) is 0 Å². The number of carbonyl (C=O) groups is 4. The normalized spacial score (nSPS) is 14.1. The molecule has 0 bridgehead atoms. The summed E-state index contributed by atoms with van der Waals surface area (Å²) in [6.45, 7) is 0. The van der Waals surface area contributed by atoms with E-state index in [1.165, 1.54) is 58.8 Å². The maximum Gasteiger partial charge on any atom is 0.343 e. The van der Waals surface area contributed by atoms with Gasteiger partial charge in [-0.25, -0.2) is 14.5 Å². The predicted octanol–water partition coefficient (Wildman–Crippen LogP) is 4.37. The Morgan fingerprint density at radius 2 is 1.48 bits per heavy atom. The van der Waals surface area contributed by atoms with Gasteiger partial charge in [0.2, 0.25) is 5.75 Å². The van der Waals surface area contributed by atoms with Crippen LogP contribution in [0.15, 0.2) is 64.6 Å². The number of halogens is 1. The number of carbonyl (C=O) groups excluding carboxylic acids is 4. The molecule has 1 aliphatic rings. The molecule has 0 aromatic heterocycles. The van der Waals surface area contributed by atoms with Crippen molar-refractivity contribution < 1.29 is 42.9 Å². The van der Waals surface area contributed by atoms with Crippen molar-refractivity contribution in [2.75, 3.05) is 33.3 Å². The highest BCUT2D eigenvalue weighted by molar-refractivity contribution is 9.10. The maximum atomic E-state index is 13.4. The van der Waals surface area contributed by atoms with E-state index >= 15 is 0 Å². The molecule has 12 heteroatoms. The number of barbiturate groups is 1. The number of nitrogens with one attached hydrogen (secondary N) is 1. The van der Waals surface area contributed by atoms with E-state index in [2.05, 4.69) is 21.2 Å². The first-order valence-corrected chi connectivity index (χ1v) is 12.4. The summed E-state index contributed by atoms with van der Waals surface area (Å²) in [5.74, 6) is -1.49. The number of rotatable bonds is 8. The Morgan fingerprint density at radius 1 is 0.825 bits per heavy atom. The molecule has 3 aromatic rings. The zero-order valence-electron chi connectivity index (χ0n) is 21.8. The molecule has 11 nitrogen and oxygen atoms in total. The van der Waals surface area contributed by atoms with E-state index in [1.807, 2.05) is 0 Å². The number of hydrogen-bond donors (Lipinski definition) is 1. The van der Waals surface area contributed by atoms with Gasteiger partial charge in [0.05, 0.1) is 39.7 Å². The number of hydrogen-bond acceptors (Lipinski definition) is 9. The molecule has 1 heterocycles. The lowest BCUT2D eigenvalue weighted by Gasteiger charge is -2.27. The summed E-state index contributed by atoms with van der Waals surface area (Å²) in [6.07, 6.45) is 1.23. The van der Waals surface area contributed by atoms with E-state index in [0.29, 0.717) is 10.2 Å². The minimum atomic E-state index is -0.931. The largest absolute Gasteiger partial charge is 0.495 e. The molecular formula is C28H23BrN2O9. The number of ether oxygens (including phenoxy) is 5. The Hall–Kier alpha value is -4.84. The molecule has 1 saturated heterocycles. The van der Waals surface area contributed by atoms with E-state index in [-0.39, 0.29) is 45.4 Å². The molecule has 1 aliphatic heterocycles. The Kier molecular flexibility index (Phi) is 8.39. The van der Waals surface area contributed by atoms with Gasteiger partial charge in [-0.1, -0.05) is 28.1 Å². The first-order chi connectivity index (χ1) is 19.2. The average Bonchev–Trinajstić information content (AvgIpc) is 2.95. The van der Waals surface area contributed by atoms with Crippen molar-refractivity contribution >= 4 is 51.5 Å². The van der Waals surface area contributed by atoms with Crippen LogP contribution >= 0.6 is 15.9 Å². The Balaban J connectivity index is 1.73. The molecule has 0 radical (unpaired) electrons. The molecule has 0 aliphatic carbocycles. The summed E-state index contributed by atoms with van der Waals surface area (Å²) in [5, 5.41) is 2.16. The molecular weight excluding hydrogens is 588 g/mol. The molecule has 0 atom stereocenters. The SMILES string of the molecule is COc1ccccc1N1C(=O)NC(=O)/C(=C/c2cc(Br)ccc2OC(=O)c2cc(OC)c(OC)c(OC)c2)C1=O. The van der Waals surface area contributed by atoms with Crippen LogP contribution in [-0.2, 0) is 9.59 Å². The van der Waals surface area contributed by atoms with Gasteiger partial charge in [-0.3, -0.25) is 14.9 Å². The van der Waals surface area contributed by atoms with Crippen molar-refractivity contribution in [1.82, 2.24) is 5.32 Å². The topological polar surface area (TPSA) is 130 Å². The molecule has 0 spiro atoms. The smallest absolute Gasteiger partial charge is 0.343 e. The van der Waals surface area contributed by atoms with Gasteiger partial charge in [-0.05, 0) is 48.5 Å². The number of imide groups is 2. The van der Waals surface area contributed by atoms with Crippen LogP contribution in [0, 0.1) is 0 Å². The first-order valence-electron chi connectivity index (χ1n) is 11.6. The minimum absolute atomic E-state index is 0.0378. The number of anilines is 1. The molecule has 0 unspecified atom stereocenters. The van der Waals surface area contributed by atoms with Gasteiger partial charge < -0.3 is 23.7 Å². The molecule has 1 N–H and O–H groups in total. The zero-order valence-corrected chi connectivity index (χ0v) is 23.4. The van der Waals surface area contributed by atoms with Crippen LogP contribution in [0.4, 0.5) is 10.5 Å². The van der Waals surface area contributed by atoms with E-state index in [4.69, 9.17) is 23.7 Å². The van der Waals surface area contributed by atoms with Crippen molar-refractivity contribution in [2.45, 2.75) is 0 Å². The van der Waals surface area contributed by atoms with E-state index in [0.717, 1.165) is 4.90 Å². The van der Waals surface area contributed by atoms with Crippen molar-refractivity contribution in [3.63, 3.8) is 0 Å². The Morgan fingerprint density at radius 3 is 2.10 bits per heavy atom. The maximum absolute atomic E-state index is 13.4. The van der Waals surface area contributed by atoms with Gasteiger partial charge in [0.25, 0.3) is 11.8 Å². The summed E-state index contributed by atoms with van der Waals surface area (Å²) in [6, 6.07) is 13.0. The number of para-hydroxylation sites is 2. The quantitative estimate of drug-likeness (QED) is 0.171. The van der Waals surface area contributed by atoms with Gasteiger partial charge in [0.15, 0.2) is 11.5 Å². The van der Waals surface area contributed by atoms with Crippen molar-refractivity contribution in [3.8, 4) is 28.7 Å². The fraction of sp³-hybridized carbons (Fsp3) is 0.143. The lowest BCUT2D eigenvalue weighted by molar-refractivity contribution is -0.122. The fourth-order valence-electron chi connectivity index (χ4n) is 3.93. The van der Waals surface area contributed by atoms with Crippen LogP contribution < -0.4 is 33.9 Å². The third-order valence-corrected chi connectivity index (χ3v) is 6.30. The second-order valence-corrected chi connectivity index (χ2v) is 9.03. The van der Waals surface area contributed by atoms with Crippen LogP contribution in [-0.4, -0.2) is 52.3 Å². The van der Waals surface area contributed by atoms with E-state index in [9.17, 15) is 19.2 Å². The predicted molar refractivity (Wildman–Crippen MR) is 147 cm³/mol. The Bertz CT molecular complexity index is 1530. The molecule has 4 rings (SSSR count). The average molecular weight is 611 g/mol.